The second-order valence-electron chi connectivity index (χ2n) is 2.55. The van der Waals surface area contributed by atoms with Gasteiger partial charge in [-0.25, -0.2) is 9.78 Å². The highest BCUT2D eigenvalue weighted by molar-refractivity contribution is 5.95. The third kappa shape index (κ3) is 1.24. The molecule has 2 rings (SSSR count). The fraction of sp³-hybridized carbons (Fsp3) is 0.125. The van der Waals surface area contributed by atoms with Crippen molar-refractivity contribution in [1.82, 2.24) is 4.98 Å². The number of nitrogens with zero attached hydrogens (tertiary/aromatic N) is 3. The normalized spacial score (nSPS) is 14.0. The van der Waals surface area contributed by atoms with Gasteiger partial charge >= 0.3 is 6.09 Å². The first-order chi connectivity index (χ1) is 6.29. The summed E-state index contributed by atoms with van der Waals surface area (Å²) in [6.07, 6.45) is 2.10. The number of anilines is 1. The Morgan fingerprint density at radius 1 is 1.62 bits per heavy atom. The molecule has 1 N–H and O–H groups in total. The summed E-state index contributed by atoms with van der Waals surface area (Å²) >= 11 is 0. The fourth-order valence-corrected chi connectivity index (χ4v) is 1.17. The number of fused-ring (bicyclic) bond motifs is 1. The molecule has 1 aromatic rings. The van der Waals surface area contributed by atoms with Crippen molar-refractivity contribution in [1.29, 1.82) is 0 Å². The maximum atomic E-state index is 10.7. The molecule has 1 aliphatic heterocycles. The molecule has 1 aromatic heterocycles. The van der Waals surface area contributed by atoms with Crippen molar-refractivity contribution < 1.29 is 9.90 Å². The van der Waals surface area contributed by atoms with Crippen molar-refractivity contribution in [3.63, 3.8) is 0 Å². The molecule has 5 nitrogen and oxygen atoms in total. The van der Waals surface area contributed by atoms with Crippen LogP contribution in [0.25, 0.3) is 0 Å². The predicted octanol–water partition coefficient (Wildman–Crippen LogP) is 1.28. The van der Waals surface area contributed by atoms with Gasteiger partial charge in [0.1, 0.15) is 5.69 Å². The number of rotatable bonds is 0. The van der Waals surface area contributed by atoms with Gasteiger partial charge in [0.05, 0.1) is 6.54 Å². The van der Waals surface area contributed by atoms with Gasteiger partial charge in [0.15, 0.2) is 5.82 Å². The van der Waals surface area contributed by atoms with Crippen LogP contribution in [-0.4, -0.2) is 28.9 Å². The molecule has 0 fully saturated rings. The summed E-state index contributed by atoms with van der Waals surface area (Å²) in [6.45, 7) is 0.263. The second kappa shape index (κ2) is 2.85. The number of pyridine rings is 1. The van der Waals surface area contributed by atoms with E-state index in [1.807, 2.05) is 0 Å². The van der Waals surface area contributed by atoms with Crippen LogP contribution in [0.2, 0.25) is 0 Å². The summed E-state index contributed by atoms with van der Waals surface area (Å²) in [7, 11) is 0. The average Bonchev–Trinajstić information content (AvgIpc) is 2.17. The number of carbonyl (C=O) groups is 1. The smallest absolute Gasteiger partial charge is 0.413 e. The minimum Gasteiger partial charge on any atom is -0.465 e. The Hall–Kier alpha value is -1.91. The molecule has 1 aliphatic rings. The number of hydrogen-bond acceptors (Lipinski definition) is 3. The molecule has 1 amide bonds. The first-order valence-corrected chi connectivity index (χ1v) is 3.77. The van der Waals surface area contributed by atoms with Gasteiger partial charge in [-0.2, -0.15) is 0 Å². The third-order valence-corrected chi connectivity index (χ3v) is 1.75. The molecule has 13 heavy (non-hydrogen) atoms. The van der Waals surface area contributed by atoms with Crippen molar-refractivity contribution >= 4 is 23.8 Å². The van der Waals surface area contributed by atoms with E-state index in [2.05, 4.69) is 9.98 Å². The lowest BCUT2D eigenvalue weighted by Crippen LogP contribution is -2.33. The highest BCUT2D eigenvalue weighted by atomic mass is 16.4. The lowest BCUT2D eigenvalue weighted by Gasteiger charge is -2.20. The van der Waals surface area contributed by atoms with Gasteiger partial charge in [-0.15, -0.1) is 0 Å². The predicted molar refractivity (Wildman–Crippen MR) is 47.8 cm³/mol. The quantitative estimate of drug-likeness (QED) is 0.649. The maximum absolute atomic E-state index is 10.7. The zero-order chi connectivity index (χ0) is 9.26. The van der Waals surface area contributed by atoms with Crippen LogP contribution >= 0.6 is 0 Å². The van der Waals surface area contributed by atoms with E-state index in [0.717, 1.165) is 4.90 Å². The highest BCUT2D eigenvalue weighted by Gasteiger charge is 2.20. The number of aromatic nitrogens is 1. The summed E-state index contributed by atoms with van der Waals surface area (Å²) in [5.74, 6) is 0.400. The van der Waals surface area contributed by atoms with Crippen LogP contribution in [0, 0.1) is 0 Å². The van der Waals surface area contributed by atoms with Crippen LogP contribution in [0.1, 0.15) is 0 Å². The second-order valence-corrected chi connectivity index (χ2v) is 2.55. The molecule has 0 saturated heterocycles. The molecule has 0 unspecified atom stereocenters. The van der Waals surface area contributed by atoms with Crippen molar-refractivity contribution in [3.05, 3.63) is 18.3 Å². The molecule has 2 heterocycles. The first kappa shape index (κ1) is 7.72. The van der Waals surface area contributed by atoms with Crippen molar-refractivity contribution in [2.75, 3.05) is 11.4 Å². The molecular formula is C8H7N3O2. The Bertz CT molecular complexity index is 375. The van der Waals surface area contributed by atoms with Gasteiger partial charge in [-0.3, -0.25) is 9.89 Å². The maximum Gasteiger partial charge on any atom is 0.413 e. The van der Waals surface area contributed by atoms with Crippen molar-refractivity contribution in [3.8, 4) is 0 Å². The van der Waals surface area contributed by atoms with Gasteiger partial charge in [-0.05, 0) is 12.1 Å². The molecule has 0 saturated carbocycles. The van der Waals surface area contributed by atoms with Gasteiger partial charge in [0, 0.05) is 12.4 Å². The van der Waals surface area contributed by atoms with Crippen LogP contribution in [0.3, 0.4) is 0 Å². The van der Waals surface area contributed by atoms with Crippen LogP contribution in [0.15, 0.2) is 23.3 Å². The summed E-state index contributed by atoms with van der Waals surface area (Å²) in [5.41, 5.74) is 0.594. The third-order valence-electron chi connectivity index (χ3n) is 1.75. The van der Waals surface area contributed by atoms with Crippen molar-refractivity contribution in [2.24, 2.45) is 4.99 Å². The van der Waals surface area contributed by atoms with Crippen molar-refractivity contribution in [2.45, 2.75) is 0 Å². The molecule has 0 bridgehead atoms. The van der Waals surface area contributed by atoms with E-state index in [1.165, 1.54) is 0 Å². The number of hydrogen-bond donors (Lipinski definition) is 1. The molecular weight excluding hydrogens is 170 g/mol. The summed E-state index contributed by atoms with van der Waals surface area (Å²) in [5, 5.41) is 8.81. The SMILES string of the molecule is O=C(O)N1CC=Nc2cccnc21. The largest absolute Gasteiger partial charge is 0.465 e. The number of carboxylic acid groups (broad SMARTS) is 1. The van der Waals surface area contributed by atoms with Crippen LogP contribution in [0.5, 0.6) is 0 Å². The van der Waals surface area contributed by atoms with E-state index in [1.54, 1.807) is 24.5 Å². The topological polar surface area (TPSA) is 65.8 Å². The van der Waals surface area contributed by atoms with Crippen LogP contribution in [-0.2, 0) is 0 Å². The van der Waals surface area contributed by atoms with Crippen LogP contribution < -0.4 is 4.90 Å². The minimum atomic E-state index is -1.01. The molecule has 66 valence electrons. The molecule has 0 aromatic carbocycles. The van der Waals surface area contributed by atoms with Gasteiger partial charge in [0.2, 0.25) is 0 Å². The molecule has 0 aliphatic carbocycles. The lowest BCUT2D eigenvalue weighted by molar-refractivity contribution is 0.202. The van der Waals surface area contributed by atoms with E-state index in [-0.39, 0.29) is 6.54 Å². The zero-order valence-electron chi connectivity index (χ0n) is 6.71. The summed E-state index contributed by atoms with van der Waals surface area (Å²) in [6, 6.07) is 3.45. The van der Waals surface area contributed by atoms with Gasteiger partial charge < -0.3 is 5.11 Å². The standard InChI is InChI=1S/C8H7N3O2/c12-8(13)11-5-4-9-6-2-1-3-10-7(6)11/h1-4H,5H2,(H,12,13). The van der Waals surface area contributed by atoms with Gasteiger partial charge in [0.25, 0.3) is 0 Å². The lowest BCUT2D eigenvalue weighted by atomic mass is 10.3. The Morgan fingerprint density at radius 3 is 3.23 bits per heavy atom. The summed E-state index contributed by atoms with van der Waals surface area (Å²) < 4.78 is 0. The Kier molecular flexibility index (Phi) is 1.70. The Balaban J connectivity index is 2.49. The molecule has 0 spiro atoms. The monoisotopic (exact) mass is 177 g/mol. The molecule has 0 radical (unpaired) electrons. The number of amides is 1. The van der Waals surface area contributed by atoms with E-state index < -0.39 is 6.09 Å². The van der Waals surface area contributed by atoms with Crippen LogP contribution in [0.4, 0.5) is 16.3 Å². The zero-order valence-corrected chi connectivity index (χ0v) is 6.71. The van der Waals surface area contributed by atoms with E-state index in [0.29, 0.717) is 11.5 Å². The Morgan fingerprint density at radius 2 is 2.46 bits per heavy atom. The summed E-state index contributed by atoms with van der Waals surface area (Å²) in [4.78, 5) is 19.9. The van der Waals surface area contributed by atoms with E-state index >= 15 is 0 Å². The minimum absolute atomic E-state index is 0.263. The van der Waals surface area contributed by atoms with Gasteiger partial charge in [-0.1, -0.05) is 0 Å². The number of aliphatic imine (C=N–C) groups is 1. The molecule has 0 atom stereocenters. The highest BCUT2D eigenvalue weighted by Crippen LogP contribution is 2.27. The fourth-order valence-electron chi connectivity index (χ4n) is 1.17. The average molecular weight is 177 g/mol. The first-order valence-electron chi connectivity index (χ1n) is 3.77. The molecule has 5 heteroatoms. The Labute approximate surface area is 74.4 Å². The van der Waals surface area contributed by atoms with E-state index in [9.17, 15) is 4.79 Å². The van der Waals surface area contributed by atoms with E-state index in [4.69, 9.17) is 5.11 Å².